The average molecular weight is 202 g/mol. The molecule has 0 amide bonds. The summed E-state index contributed by atoms with van der Waals surface area (Å²) in [6.07, 6.45) is 0.0356. The molecule has 0 saturated carbocycles. The topological polar surface area (TPSA) is 52.6 Å². The van der Waals surface area contributed by atoms with Gasteiger partial charge in [-0.15, -0.1) is 9.24 Å². The number of ether oxygens (including phenoxy) is 2. The minimum absolute atomic E-state index is 0. The van der Waals surface area contributed by atoms with Gasteiger partial charge < -0.3 is 9.47 Å². The number of methoxy groups -OCH3 is 2. The van der Waals surface area contributed by atoms with Crippen LogP contribution in [0.3, 0.4) is 0 Å². The first-order valence-corrected chi connectivity index (χ1v) is 3.68. The molecule has 0 aliphatic carbocycles. The third kappa shape index (κ3) is 5.95. The van der Waals surface area contributed by atoms with Crippen molar-refractivity contribution in [3.63, 3.8) is 0 Å². The van der Waals surface area contributed by atoms with Crippen molar-refractivity contribution < 1.29 is 19.1 Å². The fraction of sp³-hybridized carbons (Fsp3) is 0.667. The van der Waals surface area contributed by atoms with Gasteiger partial charge in [-0.25, -0.2) is 0 Å². The molecule has 4 nitrogen and oxygen atoms in total. The standard InChI is InChI=1S/C6H11O4P.Na.H/c1-9-5(7)3-4(11)6(8)10-2;;/h4H,3,11H2,1-2H3;;. The van der Waals surface area contributed by atoms with Crippen molar-refractivity contribution in [3.8, 4) is 0 Å². The monoisotopic (exact) mass is 202 g/mol. The van der Waals surface area contributed by atoms with Gasteiger partial charge in [0.1, 0.15) is 0 Å². The van der Waals surface area contributed by atoms with E-state index >= 15 is 0 Å². The fourth-order valence-electron chi connectivity index (χ4n) is 0.498. The minimum atomic E-state index is -0.507. The Hall–Kier alpha value is 0.370. The van der Waals surface area contributed by atoms with Crippen LogP contribution in [0.5, 0.6) is 0 Å². The van der Waals surface area contributed by atoms with Crippen molar-refractivity contribution in [2.75, 3.05) is 14.2 Å². The molecule has 0 fully saturated rings. The molecule has 2 unspecified atom stereocenters. The van der Waals surface area contributed by atoms with Crippen LogP contribution in [0.25, 0.3) is 0 Å². The Morgan fingerprint density at radius 2 is 1.83 bits per heavy atom. The van der Waals surface area contributed by atoms with Gasteiger partial charge >= 0.3 is 41.5 Å². The number of carbonyl (C=O) groups is 2. The molecule has 0 aromatic heterocycles. The summed E-state index contributed by atoms with van der Waals surface area (Å²) in [6.45, 7) is 0. The molecule has 6 heteroatoms. The molecule has 0 bridgehead atoms. The molecule has 0 N–H and O–H groups in total. The van der Waals surface area contributed by atoms with Gasteiger partial charge in [-0.1, -0.05) is 0 Å². The molecule has 0 spiro atoms. The van der Waals surface area contributed by atoms with Gasteiger partial charge in [0.05, 0.1) is 26.3 Å². The molecule has 0 aliphatic rings. The van der Waals surface area contributed by atoms with Crippen LogP contribution in [0.2, 0.25) is 0 Å². The van der Waals surface area contributed by atoms with Gasteiger partial charge in [0.2, 0.25) is 0 Å². The summed E-state index contributed by atoms with van der Waals surface area (Å²) >= 11 is 0. The zero-order valence-corrected chi connectivity index (χ0v) is 7.65. The van der Waals surface area contributed by atoms with Gasteiger partial charge in [0.15, 0.2) is 0 Å². The van der Waals surface area contributed by atoms with Crippen LogP contribution in [-0.2, 0) is 19.1 Å². The zero-order valence-electron chi connectivity index (χ0n) is 6.49. The number of hydrogen-bond acceptors (Lipinski definition) is 4. The van der Waals surface area contributed by atoms with E-state index in [-0.39, 0.29) is 36.0 Å². The first-order valence-electron chi connectivity index (χ1n) is 3.02. The second-order valence-electron chi connectivity index (χ2n) is 1.91. The molecule has 0 aromatic rings. The van der Waals surface area contributed by atoms with Gasteiger partial charge in [0, 0.05) is 0 Å². The molecule has 66 valence electrons. The molecule has 0 aliphatic heterocycles. The second kappa shape index (κ2) is 7.99. The molecule has 0 aromatic carbocycles. The Balaban J connectivity index is 0. The van der Waals surface area contributed by atoms with Crippen LogP contribution in [0, 0.1) is 0 Å². The third-order valence-corrected chi connectivity index (χ3v) is 1.63. The number of carbonyl (C=O) groups excluding carboxylic acids is 2. The van der Waals surface area contributed by atoms with E-state index in [1.807, 2.05) is 0 Å². The van der Waals surface area contributed by atoms with Crippen molar-refractivity contribution in [2.24, 2.45) is 0 Å². The molecular formula is C6H12NaO4P. The Bertz CT molecular complexity index is 162. The predicted molar refractivity (Wildman–Crippen MR) is 49.3 cm³/mol. The molecule has 0 rings (SSSR count). The van der Waals surface area contributed by atoms with Gasteiger partial charge in [-0.3, -0.25) is 9.59 Å². The zero-order chi connectivity index (χ0) is 8.85. The summed E-state index contributed by atoms with van der Waals surface area (Å²) in [7, 11) is 4.77. The van der Waals surface area contributed by atoms with Crippen molar-refractivity contribution in [1.82, 2.24) is 0 Å². The Morgan fingerprint density at radius 3 is 2.17 bits per heavy atom. The fourth-order valence-corrected chi connectivity index (χ4v) is 0.826. The van der Waals surface area contributed by atoms with E-state index in [1.165, 1.54) is 14.2 Å². The molecule has 0 radical (unpaired) electrons. The first kappa shape index (κ1) is 14.9. The quantitative estimate of drug-likeness (QED) is 0.345. The third-order valence-electron chi connectivity index (χ3n) is 1.12. The Labute approximate surface area is 95.9 Å². The average Bonchev–Trinajstić information content (AvgIpc) is 2.02. The molecule has 0 heterocycles. The summed E-state index contributed by atoms with van der Waals surface area (Å²) in [5, 5.41) is 0. The second-order valence-corrected chi connectivity index (χ2v) is 2.71. The predicted octanol–water partition coefficient (Wildman–Crippen LogP) is -0.682. The van der Waals surface area contributed by atoms with Crippen molar-refractivity contribution in [1.29, 1.82) is 0 Å². The number of rotatable bonds is 3. The van der Waals surface area contributed by atoms with Gasteiger partial charge in [-0.05, 0) is 0 Å². The van der Waals surface area contributed by atoms with E-state index in [0.29, 0.717) is 0 Å². The Morgan fingerprint density at radius 1 is 1.33 bits per heavy atom. The van der Waals surface area contributed by atoms with E-state index in [9.17, 15) is 9.59 Å². The van der Waals surface area contributed by atoms with Crippen LogP contribution < -0.4 is 0 Å². The maximum absolute atomic E-state index is 10.7. The van der Waals surface area contributed by atoms with E-state index in [1.54, 1.807) is 0 Å². The van der Waals surface area contributed by atoms with Crippen LogP contribution in [0.1, 0.15) is 6.42 Å². The molecule has 12 heavy (non-hydrogen) atoms. The van der Waals surface area contributed by atoms with E-state index < -0.39 is 17.6 Å². The van der Waals surface area contributed by atoms with Gasteiger partial charge in [0.25, 0.3) is 0 Å². The van der Waals surface area contributed by atoms with E-state index in [4.69, 9.17) is 0 Å². The van der Waals surface area contributed by atoms with Crippen molar-refractivity contribution in [2.45, 2.75) is 12.1 Å². The SMILES string of the molecule is COC(=O)CC(P)C(=O)OC.[NaH]. The summed E-state index contributed by atoms with van der Waals surface area (Å²) in [6, 6.07) is 0. The summed E-state index contributed by atoms with van der Waals surface area (Å²) in [5.41, 5.74) is -0.507. The molecule has 0 saturated heterocycles. The number of hydrogen-bond donors (Lipinski definition) is 0. The summed E-state index contributed by atoms with van der Waals surface area (Å²) in [4.78, 5) is 21.3. The normalized spacial score (nSPS) is 10.9. The summed E-state index contributed by atoms with van der Waals surface area (Å²) < 4.78 is 8.75. The molecular weight excluding hydrogens is 190 g/mol. The van der Waals surface area contributed by atoms with Crippen LogP contribution in [0.4, 0.5) is 0 Å². The first-order chi connectivity index (χ1) is 5.11. The molecule has 2 atom stereocenters. The van der Waals surface area contributed by atoms with E-state index in [2.05, 4.69) is 18.7 Å². The maximum atomic E-state index is 10.7. The van der Waals surface area contributed by atoms with Gasteiger partial charge in [-0.2, -0.15) is 0 Å². The summed E-state index contributed by atoms with van der Waals surface area (Å²) in [5.74, 6) is -0.851. The van der Waals surface area contributed by atoms with Crippen molar-refractivity contribution >= 4 is 50.7 Å². The van der Waals surface area contributed by atoms with E-state index in [0.717, 1.165) is 0 Å². The van der Waals surface area contributed by atoms with Crippen molar-refractivity contribution in [3.05, 3.63) is 0 Å². The Kier molecular flexibility index (Phi) is 9.90. The van der Waals surface area contributed by atoms with Crippen LogP contribution in [0.15, 0.2) is 0 Å². The number of esters is 2. The van der Waals surface area contributed by atoms with Crippen LogP contribution in [-0.4, -0.2) is 61.4 Å². The van der Waals surface area contributed by atoms with Crippen LogP contribution >= 0.6 is 9.24 Å².